The highest BCUT2D eigenvalue weighted by Crippen LogP contribution is 2.24. The van der Waals surface area contributed by atoms with E-state index < -0.39 is 0 Å². The van der Waals surface area contributed by atoms with Crippen LogP contribution in [0.2, 0.25) is 0 Å². The summed E-state index contributed by atoms with van der Waals surface area (Å²) in [5.41, 5.74) is 1.49. The monoisotopic (exact) mass is 256 g/mol. The molecule has 0 aromatic heterocycles. The second-order valence-electron chi connectivity index (χ2n) is 4.16. The number of nitrogens with one attached hydrogen (secondary N) is 2. The Bertz CT molecular complexity index is 403. The molecular weight excluding hydrogens is 240 g/mol. The number of carbonyl (C=O) groups excluding carboxylic acids is 1. The first-order valence-corrected chi connectivity index (χ1v) is 5.50. The predicted octanol–water partition coefficient (Wildman–Crippen LogP) is 1.81. The van der Waals surface area contributed by atoms with Crippen molar-refractivity contribution in [1.82, 2.24) is 5.32 Å². The number of aromatic hydroxyl groups is 1. The fraction of sp³-hybridized carbons (Fsp3) is 0.417. The van der Waals surface area contributed by atoms with Crippen LogP contribution in [0.5, 0.6) is 5.75 Å². The van der Waals surface area contributed by atoms with Crippen molar-refractivity contribution in [1.29, 1.82) is 0 Å². The Morgan fingerprint density at radius 2 is 2.29 bits per heavy atom. The van der Waals surface area contributed by atoms with E-state index in [1.54, 1.807) is 18.2 Å². The van der Waals surface area contributed by atoms with E-state index in [2.05, 4.69) is 10.6 Å². The number of carbonyl (C=O) groups is 1. The molecule has 4 nitrogen and oxygen atoms in total. The molecule has 3 N–H and O–H groups in total. The van der Waals surface area contributed by atoms with Crippen molar-refractivity contribution in [2.24, 2.45) is 0 Å². The van der Waals surface area contributed by atoms with Crippen LogP contribution in [0, 0.1) is 6.92 Å². The standard InChI is InChI=1S/C12H16N2O2.ClH/c1-8-4-5-11(15)10(7-8)14-12(16)9-3-2-6-13-9;/h4-5,7,9,13,15H,2-3,6H2,1H3,(H,14,16);1H. The van der Waals surface area contributed by atoms with Gasteiger partial charge >= 0.3 is 0 Å². The van der Waals surface area contributed by atoms with Crippen molar-refractivity contribution in [2.45, 2.75) is 25.8 Å². The Balaban J connectivity index is 0.00000144. The smallest absolute Gasteiger partial charge is 0.241 e. The SMILES string of the molecule is Cc1ccc(O)c(NC(=O)C2CCCN2)c1.Cl. The van der Waals surface area contributed by atoms with Crippen LogP contribution in [0.4, 0.5) is 5.69 Å². The molecule has 1 saturated heterocycles. The highest BCUT2D eigenvalue weighted by molar-refractivity contribution is 5.96. The van der Waals surface area contributed by atoms with Crippen LogP contribution >= 0.6 is 12.4 Å². The topological polar surface area (TPSA) is 61.4 Å². The van der Waals surface area contributed by atoms with Gasteiger partial charge in [0.15, 0.2) is 0 Å². The Morgan fingerprint density at radius 3 is 2.94 bits per heavy atom. The lowest BCUT2D eigenvalue weighted by atomic mass is 10.2. The Hall–Kier alpha value is -1.26. The van der Waals surface area contributed by atoms with E-state index in [9.17, 15) is 9.90 Å². The average Bonchev–Trinajstić information content (AvgIpc) is 2.76. The van der Waals surface area contributed by atoms with Gasteiger partial charge in [-0.15, -0.1) is 12.4 Å². The molecule has 1 unspecified atom stereocenters. The summed E-state index contributed by atoms with van der Waals surface area (Å²) in [4.78, 5) is 11.8. The van der Waals surface area contributed by atoms with Gasteiger partial charge in [-0.1, -0.05) is 6.07 Å². The van der Waals surface area contributed by atoms with Crippen LogP contribution in [-0.2, 0) is 4.79 Å². The number of phenolic OH excluding ortho intramolecular Hbond substituents is 1. The molecule has 1 aromatic carbocycles. The first kappa shape index (κ1) is 13.8. The fourth-order valence-electron chi connectivity index (χ4n) is 1.88. The molecule has 5 heteroatoms. The molecule has 0 radical (unpaired) electrons. The molecule has 1 aliphatic heterocycles. The number of phenols is 1. The number of hydrogen-bond donors (Lipinski definition) is 3. The molecule has 1 aliphatic rings. The number of aryl methyl sites for hydroxylation is 1. The zero-order valence-electron chi connectivity index (χ0n) is 9.69. The van der Waals surface area contributed by atoms with Crippen LogP contribution in [0.3, 0.4) is 0 Å². The van der Waals surface area contributed by atoms with Gasteiger partial charge in [-0.2, -0.15) is 0 Å². The fourth-order valence-corrected chi connectivity index (χ4v) is 1.88. The molecule has 0 saturated carbocycles. The molecule has 0 spiro atoms. The van der Waals surface area contributed by atoms with Crippen molar-refractivity contribution in [3.05, 3.63) is 23.8 Å². The first-order chi connectivity index (χ1) is 7.66. The van der Waals surface area contributed by atoms with Crippen LogP contribution in [0.1, 0.15) is 18.4 Å². The third-order valence-corrected chi connectivity index (χ3v) is 2.79. The van der Waals surface area contributed by atoms with Crippen molar-refractivity contribution < 1.29 is 9.90 Å². The van der Waals surface area contributed by atoms with Gasteiger partial charge in [-0.25, -0.2) is 0 Å². The van der Waals surface area contributed by atoms with Crippen molar-refractivity contribution in [2.75, 3.05) is 11.9 Å². The summed E-state index contributed by atoms with van der Waals surface area (Å²) in [6, 6.07) is 5.04. The van der Waals surface area contributed by atoms with E-state index in [0.717, 1.165) is 24.9 Å². The van der Waals surface area contributed by atoms with Gasteiger partial charge in [0.1, 0.15) is 5.75 Å². The zero-order chi connectivity index (χ0) is 11.5. The van der Waals surface area contributed by atoms with E-state index in [1.807, 2.05) is 6.92 Å². The minimum absolute atomic E-state index is 0. The minimum atomic E-state index is -0.125. The second-order valence-corrected chi connectivity index (χ2v) is 4.16. The third-order valence-electron chi connectivity index (χ3n) is 2.79. The van der Waals surface area contributed by atoms with E-state index in [1.165, 1.54) is 0 Å². The third kappa shape index (κ3) is 3.35. The Labute approximate surface area is 107 Å². The van der Waals surface area contributed by atoms with Gasteiger partial charge in [0, 0.05) is 0 Å². The van der Waals surface area contributed by atoms with E-state index >= 15 is 0 Å². The normalized spacial score (nSPS) is 18.5. The van der Waals surface area contributed by atoms with E-state index in [-0.39, 0.29) is 30.1 Å². The van der Waals surface area contributed by atoms with Gasteiger partial charge in [0.05, 0.1) is 11.7 Å². The van der Waals surface area contributed by atoms with Crippen LogP contribution in [-0.4, -0.2) is 23.6 Å². The van der Waals surface area contributed by atoms with Gasteiger partial charge in [0.25, 0.3) is 0 Å². The van der Waals surface area contributed by atoms with Crippen LogP contribution in [0.15, 0.2) is 18.2 Å². The molecular formula is C12H17ClN2O2. The number of anilines is 1. The summed E-state index contributed by atoms with van der Waals surface area (Å²) < 4.78 is 0. The number of hydrogen-bond acceptors (Lipinski definition) is 3. The highest BCUT2D eigenvalue weighted by atomic mass is 35.5. The maximum absolute atomic E-state index is 11.8. The van der Waals surface area contributed by atoms with Crippen LogP contribution in [0.25, 0.3) is 0 Å². The molecule has 1 aromatic rings. The first-order valence-electron chi connectivity index (χ1n) is 5.50. The lowest BCUT2D eigenvalue weighted by Gasteiger charge is -2.12. The van der Waals surface area contributed by atoms with Crippen molar-refractivity contribution in [3.63, 3.8) is 0 Å². The molecule has 0 bridgehead atoms. The zero-order valence-corrected chi connectivity index (χ0v) is 10.5. The molecule has 2 rings (SSSR count). The number of rotatable bonds is 2. The average molecular weight is 257 g/mol. The Morgan fingerprint density at radius 1 is 1.53 bits per heavy atom. The minimum Gasteiger partial charge on any atom is -0.506 e. The number of halogens is 1. The van der Waals surface area contributed by atoms with Gasteiger partial charge in [0.2, 0.25) is 5.91 Å². The molecule has 1 heterocycles. The summed E-state index contributed by atoms with van der Waals surface area (Å²) in [6.07, 6.45) is 1.89. The van der Waals surface area contributed by atoms with E-state index in [4.69, 9.17) is 0 Å². The summed E-state index contributed by atoms with van der Waals surface area (Å²) in [5.74, 6) is 0.0374. The van der Waals surface area contributed by atoms with Crippen molar-refractivity contribution >= 4 is 24.0 Å². The molecule has 1 amide bonds. The molecule has 0 aliphatic carbocycles. The quantitative estimate of drug-likeness (QED) is 0.708. The highest BCUT2D eigenvalue weighted by Gasteiger charge is 2.22. The van der Waals surface area contributed by atoms with Gasteiger partial charge in [-0.3, -0.25) is 4.79 Å². The summed E-state index contributed by atoms with van der Waals surface area (Å²) in [6.45, 7) is 2.81. The summed E-state index contributed by atoms with van der Waals surface area (Å²) in [7, 11) is 0. The van der Waals surface area contributed by atoms with Crippen molar-refractivity contribution in [3.8, 4) is 5.75 Å². The number of amides is 1. The molecule has 17 heavy (non-hydrogen) atoms. The predicted molar refractivity (Wildman–Crippen MR) is 69.7 cm³/mol. The maximum Gasteiger partial charge on any atom is 0.241 e. The van der Waals surface area contributed by atoms with Crippen LogP contribution < -0.4 is 10.6 Å². The lowest BCUT2D eigenvalue weighted by Crippen LogP contribution is -2.35. The molecule has 1 atom stereocenters. The maximum atomic E-state index is 11.8. The van der Waals surface area contributed by atoms with Gasteiger partial charge in [-0.05, 0) is 44.0 Å². The summed E-state index contributed by atoms with van der Waals surface area (Å²) >= 11 is 0. The molecule has 1 fully saturated rings. The van der Waals surface area contributed by atoms with Gasteiger partial charge < -0.3 is 15.7 Å². The summed E-state index contributed by atoms with van der Waals surface area (Å²) in [5, 5.41) is 15.5. The number of benzene rings is 1. The lowest BCUT2D eigenvalue weighted by molar-refractivity contribution is -0.117. The Kier molecular flexibility index (Phi) is 4.78. The van der Waals surface area contributed by atoms with E-state index in [0.29, 0.717) is 5.69 Å². The largest absolute Gasteiger partial charge is 0.506 e. The molecule has 94 valence electrons. The second kappa shape index (κ2) is 5.89.